The molecule has 0 aliphatic heterocycles. The number of ether oxygens (including phenoxy) is 1. The van der Waals surface area contributed by atoms with Crippen LogP contribution in [0.2, 0.25) is 0 Å². The number of benzene rings is 2. The van der Waals surface area contributed by atoms with Crippen LogP contribution >= 0.6 is 0 Å². The molecule has 0 unspecified atom stereocenters. The van der Waals surface area contributed by atoms with Crippen molar-refractivity contribution in [2.45, 2.75) is 20.5 Å². The molecule has 2 aromatic rings. The van der Waals surface area contributed by atoms with Gasteiger partial charge < -0.3 is 9.84 Å². The van der Waals surface area contributed by atoms with Gasteiger partial charge in [0.05, 0.1) is 0 Å². The maximum atomic E-state index is 8.78. The van der Waals surface area contributed by atoms with Gasteiger partial charge in [-0.2, -0.15) is 0 Å². The standard InChI is InChI=1S/C18H18O2/c1-14-9-10-18(15(2)12-14)20-13-17-7-4-3-6-16(17)8-5-11-19/h3-4,6-7,9-10,12,19H,11,13H2,1-2H3. The summed E-state index contributed by atoms with van der Waals surface area (Å²) in [6.45, 7) is 4.45. The third kappa shape index (κ3) is 3.63. The smallest absolute Gasteiger partial charge is 0.122 e. The summed E-state index contributed by atoms with van der Waals surface area (Å²) < 4.78 is 5.87. The molecule has 0 radical (unpaired) electrons. The molecule has 2 aromatic carbocycles. The fourth-order valence-electron chi connectivity index (χ4n) is 2.02. The Morgan fingerprint density at radius 2 is 1.90 bits per heavy atom. The molecule has 0 aromatic heterocycles. The van der Waals surface area contributed by atoms with Crippen molar-refractivity contribution in [2.24, 2.45) is 0 Å². The maximum absolute atomic E-state index is 8.78. The van der Waals surface area contributed by atoms with E-state index in [1.54, 1.807) is 0 Å². The highest BCUT2D eigenvalue weighted by Gasteiger charge is 2.03. The first-order valence-electron chi connectivity index (χ1n) is 6.58. The molecule has 0 bridgehead atoms. The van der Waals surface area contributed by atoms with Crippen molar-refractivity contribution < 1.29 is 9.84 Å². The second-order valence-corrected chi connectivity index (χ2v) is 4.67. The zero-order valence-corrected chi connectivity index (χ0v) is 11.8. The van der Waals surface area contributed by atoms with E-state index in [0.29, 0.717) is 6.61 Å². The van der Waals surface area contributed by atoms with E-state index in [1.807, 2.05) is 43.3 Å². The summed E-state index contributed by atoms with van der Waals surface area (Å²) in [7, 11) is 0. The lowest BCUT2D eigenvalue weighted by Gasteiger charge is -2.11. The summed E-state index contributed by atoms with van der Waals surface area (Å²) in [6, 6.07) is 14.0. The monoisotopic (exact) mass is 266 g/mol. The molecule has 0 spiro atoms. The lowest BCUT2D eigenvalue weighted by molar-refractivity contribution is 0.303. The quantitative estimate of drug-likeness (QED) is 0.864. The fraction of sp³-hybridized carbons (Fsp3) is 0.222. The predicted molar refractivity (Wildman–Crippen MR) is 80.7 cm³/mol. The predicted octanol–water partition coefficient (Wildman–Crippen LogP) is 3.23. The van der Waals surface area contributed by atoms with Crippen molar-refractivity contribution in [3.05, 3.63) is 64.7 Å². The van der Waals surface area contributed by atoms with E-state index < -0.39 is 0 Å². The van der Waals surface area contributed by atoms with Gasteiger partial charge in [0.1, 0.15) is 19.0 Å². The third-order valence-electron chi connectivity index (χ3n) is 3.03. The molecule has 1 N–H and O–H groups in total. The first kappa shape index (κ1) is 14.2. The second-order valence-electron chi connectivity index (χ2n) is 4.67. The minimum absolute atomic E-state index is 0.133. The first-order valence-corrected chi connectivity index (χ1v) is 6.58. The average Bonchev–Trinajstić information content (AvgIpc) is 2.45. The van der Waals surface area contributed by atoms with Gasteiger partial charge in [0, 0.05) is 11.1 Å². The molecule has 2 heteroatoms. The number of aryl methyl sites for hydroxylation is 2. The molecule has 2 nitrogen and oxygen atoms in total. The molecule has 0 aliphatic rings. The van der Waals surface area contributed by atoms with Crippen LogP contribution in [-0.4, -0.2) is 11.7 Å². The van der Waals surface area contributed by atoms with Crippen LogP contribution in [0, 0.1) is 25.7 Å². The summed E-state index contributed by atoms with van der Waals surface area (Å²) in [6.07, 6.45) is 0. The normalized spacial score (nSPS) is 9.75. The lowest BCUT2D eigenvalue weighted by Crippen LogP contribution is -1.99. The Bertz CT molecular complexity index is 648. The van der Waals surface area contributed by atoms with Crippen molar-refractivity contribution >= 4 is 0 Å². The molecule has 0 heterocycles. The Labute approximate surface area is 120 Å². The van der Waals surface area contributed by atoms with E-state index in [4.69, 9.17) is 9.84 Å². The van der Waals surface area contributed by atoms with E-state index in [2.05, 4.69) is 24.8 Å². The number of hydrogen-bond acceptors (Lipinski definition) is 2. The Morgan fingerprint density at radius 3 is 2.65 bits per heavy atom. The van der Waals surface area contributed by atoms with Gasteiger partial charge in [-0.15, -0.1) is 0 Å². The molecule has 2 rings (SSSR count). The van der Waals surface area contributed by atoms with Gasteiger partial charge in [-0.25, -0.2) is 0 Å². The Balaban J connectivity index is 2.14. The SMILES string of the molecule is Cc1ccc(OCc2ccccc2C#CCO)c(C)c1. The van der Waals surface area contributed by atoms with E-state index >= 15 is 0 Å². The molecule has 0 saturated heterocycles. The highest BCUT2D eigenvalue weighted by Crippen LogP contribution is 2.20. The zero-order chi connectivity index (χ0) is 14.4. The molecule has 0 fully saturated rings. The Hall–Kier alpha value is -2.24. The van der Waals surface area contributed by atoms with Crippen molar-refractivity contribution in [2.75, 3.05) is 6.61 Å². The number of rotatable bonds is 3. The van der Waals surface area contributed by atoms with Crippen molar-refractivity contribution in [3.8, 4) is 17.6 Å². The second kappa shape index (κ2) is 6.79. The Morgan fingerprint density at radius 1 is 1.10 bits per heavy atom. The minimum atomic E-state index is -0.133. The number of hydrogen-bond donors (Lipinski definition) is 1. The highest BCUT2D eigenvalue weighted by molar-refractivity contribution is 5.42. The van der Waals surface area contributed by atoms with E-state index in [1.165, 1.54) is 5.56 Å². The number of aliphatic hydroxyl groups is 1. The summed E-state index contributed by atoms with van der Waals surface area (Å²) in [5.41, 5.74) is 4.27. The summed E-state index contributed by atoms with van der Waals surface area (Å²) >= 11 is 0. The molecule has 20 heavy (non-hydrogen) atoms. The molecule has 0 aliphatic carbocycles. The van der Waals surface area contributed by atoms with Crippen molar-refractivity contribution in [3.63, 3.8) is 0 Å². The van der Waals surface area contributed by atoms with Gasteiger partial charge in [0.25, 0.3) is 0 Å². The van der Waals surface area contributed by atoms with Crippen LogP contribution in [0.5, 0.6) is 5.75 Å². The van der Waals surface area contributed by atoms with Gasteiger partial charge in [-0.1, -0.05) is 47.7 Å². The van der Waals surface area contributed by atoms with Crippen LogP contribution in [0.1, 0.15) is 22.3 Å². The van der Waals surface area contributed by atoms with Gasteiger partial charge in [0.2, 0.25) is 0 Å². The molecule has 0 amide bonds. The van der Waals surface area contributed by atoms with E-state index in [9.17, 15) is 0 Å². The van der Waals surface area contributed by atoms with Crippen LogP contribution in [0.25, 0.3) is 0 Å². The minimum Gasteiger partial charge on any atom is -0.489 e. The largest absolute Gasteiger partial charge is 0.489 e. The maximum Gasteiger partial charge on any atom is 0.122 e. The van der Waals surface area contributed by atoms with Gasteiger partial charge in [-0.05, 0) is 31.5 Å². The van der Waals surface area contributed by atoms with Crippen LogP contribution in [0.3, 0.4) is 0 Å². The highest BCUT2D eigenvalue weighted by atomic mass is 16.5. The molecule has 0 saturated carbocycles. The number of aliphatic hydroxyl groups excluding tert-OH is 1. The fourth-order valence-corrected chi connectivity index (χ4v) is 2.02. The van der Waals surface area contributed by atoms with Crippen LogP contribution in [0.4, 0.5) is 0 Å². The zero-order valence-electron chi connectivity index (χ0n) is 11.8. The van der Waals surface area contributed by atoms with Crippen LogP contribution in [-0.2, 0) is 6.61 Å². The van der Waals surface area contributed by atoms with E-state index in [-0.39, 0.29) is 6.61 Å². The first-order chi connectivity index (χ1) is 9.70. The third-order valence-corrected chi connectivity index (χ3v) is 3.03. The summed E-state index contributed by atoms with van der Waals surface area (Å²) in [4.78, 5) is 0. The van der Waals surface area contributed by atoms with Gasteiger partial charge in [-0.3, -0.25) is 0 Å². The lowest BCUT2D eigenvalue weighted by atomic mass is 10.1. The molecule has 0 atom stereocenters. The topological polar surface area (TPSA) is 29.5 Å². The molecular weight excluding hydrogens is 248 g/mol. The molecular formula is C18H18O2. The van der Waals surface area contributed by atoms with Crippen LogP contribution < -0.4 is 4.74 Å². The average molecular weight is 266 g/mol. The van der Waals surface area contributed by atoms with Crippen LogP contribution in [0.15, 0.2) is 42.5 Å². The van der Waals surface area contributed by atoms with Gasteiger partial charge in [0.15, 0.2) is 0 Å². The van der Waals surface area contributed by atoms with Crippen molar-refractivity contribution in [1.82, 2.24) is 0 Å². The van der Waals surface area contributed by atoms with Gasteiger partial charge >= 0.3 is 0 Å². The van der Waals surface area contributed by atoms with Crippen molar-refractivity contribution in [1.29, 1.82) is 0 Å². The molecule has 102 valence electrons. The summed E-state index contributed by atoms with van der Waals surface area (Å²) in [5, 5.41) is 8.78. The Kier molecular flexibility index (Phi) is 4.81. The van der Waals surface area contributed by atoms with E-state index in [0.717, 1.165) is 22.4 Å². The summed E-state index contributed by atoms with van der Waals surface area (Å²) in [5.74, 6) is 6.50.